The van der Waals surface area contributed by atoms with E-state index >= 15 is 0 Å². The van der Waals surface area contributed by atoms with Gasteiger partial charge in [-0.1, -0.05) is 12.1 Å². The molecule has 1 aliphatic heterocycles. The average Bonchev–Trinajstić information content (AvgIpc) is 2.87. The van der Waals surface area contributed by atoms with Crippen LogP contribution in [0.3, 0.4) is 0 Å². The first-order valence-electron chi connectivity index (χ1n) is 5.53. The topological polar surface area (TPSA) is 51.0 Å². The molecule has 1 N–H and O–H groups in total. The molecule has 4 nitrogen and oxygen atoms in total. The Morgan fingerprint density at radius 3 is 3.27 bits per heavy atom. The molecule has 15 heavy (non-hydrogen) atoms. The van der Waals surface area contributed by atoms with Gasteiger partial charge in [0.15, 0.2) is 5.82 Å². The van der Waals surface area contributed by atoms with Crippen molar-refractivity contribution in [2.45, 2.75) is 38.0 Å². The van der Waals surface area contributed by atoms with Gasteiger partial charge >= 0.3 is 0 Å². The van der Waals surface area contributed by atoms with E-state index in [2.05, 4.69) is 22.4 Å². The molecule has 2 heterocycles. The van der Waals surface area contributed by atoms with E-state index in [-0.39, 0.29) is 0 Å². The predicted octanol–water partition coefficient (Wildman–Crippen LogP) is 2.14. The normalized spacial score (nSPS) is 21.0. The lowest BCUT2D eigenvalue weighted by Crippen LogP contribution is -2.13. The Balaban J connectivity index is 1.86. The van der Waals surface area contributed by atoms with Crippen molar-refractivity contribution in [3.8, 4) is 0 Å². The smallest absolute Gasteiger partial charge is 0.243 e. The van der Waals surface area contributed by atoms with Gasteiger partial charge in [-0.3, -0.25) is 0 Å². The number of hydrogen-bond donors (Lipinski definition) is 1. The monoisotopic (exact) mass is 227 g/mol. The Kier molecular flexibility index (Phi) is 4.02. The number of hydrogen-bond acceptors (Lipinski definition) is 5. The zero-order valence-corrected chi connectivity index (χ0v) is 9.85. The lowest BCUT2D eigenvalue weighted by molar-refractivity contribution is 0.342. The van der Waals surface area contributed by atoms with Crippen LogP contribution in [-0.2, 0) is 5.75 Å². The number of nitrogens with one attached hydrogen (secondary N) is 1. The minimum atomic E-state index is 0.294. The molecule has 1 atom stereocenters. The molecule has 1 aromatic rings. The lowest BCUT2D eigenvalue weighted by atomic mass is 10.2. The second kappa shape index (κ2) is 5.51. The van der Waals surface area contributed by atoms with E-state index in [4.69, 9.17) is 4.52 Å². The summed E-state index contributed by atoms with van der Waals surface area (Å²) in [6.07, 6.45) is 3.51. The molecule has 0 bridgehead atoms. The van der Waals surface area contributed by atoms with Crippen LogP contribution in [0.15, 0.2) is 4.52 Å². The Labute approximate surface area is 94.2 Å². The zero-order valence-electron chi connectivity index (χ0n) is 9.03. The maximum absolute atomic E-state index is 5.24. The van der Waals surface area contributed by atoms with E-state index in [0.29, 0.717) is 6.04 Å². The first-order chi connectivity index (χ1) is 7.40. The Hall–Kier alpha value is -0.550. The molecule has 0 spiro atoms. The van der Waals surface area contributed by atoms with Crippen LogP contribution in [-0.4, -0.2) is 22.4 Å². The minimum absolute atomic E-state index is 0.294. The van der Waals surface area contributed by atoms with E-state index in [1.165, 1.54) is 12.8 Å². The van der Waals surface area contributed by atoms with Gasteiger partial charge in [0.25, 0.3) is 0 Å². The summed E-state index contributed by atoms with van der Waals surface area (Å²) in [6.45, 7) is 3.24. The van der Waals surface area contributed by atoms with Gasteiger partial charge in [0.05, 0.1) is 11.8 Å². The quantitative estimate of drug-likeness (QED) is 0.781. The van der Waals surface area contributed by atoms with Gasteiger partial charge in [-0.25, -0.2) is 0 Å². The number of rotatable bonds is 5. The van der Waals surface area contributed by atoms with Crippen LogP contribution in [0, 0.1) is 0 Å². The Bertz CT molecular complexity index is 297. The Morgan fingerprint density at radius 2 is 2.53 bits per heavy atom. The van der Waals surface area contributed by atoms with Crippen LogP contribution in [0.5, 0.6) is 0 Å². The summed E-state index contributed by atoms with van der Waals surface area (Å²) >= 11 is 1.86. The van der Waals surface area contributed by atoms with E-state index in [1.54, 1.807) is 0 Å². The first kappa shape index (κ1) is 11.0. The third-order valence-electron chi connectivity index (χ3n) is 2.42. The van der Waals surface area contributed by atoms with Crippen LogP contribution < -0.4 is 5.32 Å². The fourth-order valence-corrected chi connectivity index (χ4v) is 2.40. The van der Waals surface area contributed by atoms with Gasteiger partial charge in [-0.2, -0.15) is 16.7 Å². The molecule has 0 amide bonds. The highest BCUT2D eigenvalue weighted by atomic mass is 32.2. The van der Waals surface area contributed by atoms with E-state index in [1.807, 2.05) is 11.8 Å². The summed E-state index contributed by atoms with van der Waals surface area (Å²) < 4.78 is 5.24. The SMILES string of the molecule is CCCSCc1noc(C2CCCN2)n1. The fourth-order valence-electron chi connectivity index (χ4n) is 1.67. The summed E-state index contributed by atoms with van der Waals surface area (Å²) in [6, 6.07) is 0.294. The summed E-state index contributed by atoms with van der Waals surface area (Å²) in [4.78, 5) is 4.40. The van der Waals surface area contributed by atoms with Crippen molar-refractivity contribution in [2.75, 3.05) is 12.3 Å². The number of nitrogens with zero attached hydrogens (tertiary/aromatic N) is 2. The third kappa shape index (κ3) is 2.95. The molecule has 1 aromatic heterocycles. The molecule has 84 valence electrons. The fraction of sp³-hybridized carbons (Fsp3) is 0.800. The molecular weight excluding hydrogens is 210 g/mol. The van der Waals surface area contributed by atoms with Crippen molar-refractivity contribution in [2.24, 2.45) is 0 Å². The summed E-state index contributed by atoms with van der Waals surface area (Å²) in [5.41, 5.74) is 0. The Morgan fingerprint density at radius 1 is 1.60 bits per heavy atom. The summed E-state index contributed by atoms with van der Waals surface area (Å²) in [7, 11) is 0. The standard InChI is InChI=1S/C10H17N3OS/c1-2-6-15-7-9-12-10(14-13-9)8-4-3-5-11-8/h8,11H,2-7H2,1H3. The predicted molar refractivity (Wildman–Crippen MR) is 60.7 cm³/mol. The van der Waals surface area contributed by atoms with E-state index in [0.717, 1.165) is 36.2 Å². The van der Waals surface area contributed by atoms with Crippen LogP contribution >= 0.6 is 11.8 Å². The lowest BCUT2D eigenvalue weighted by Gasteiger charge is -2.01. The van der Waals surface area contributed by atoms with Crippen LogP contribution in [0.1, 0.15) is 43.9 Å². The molecule has 1 unspecified atom stereocenters. The molecule has 1 saturated heterocycles. The molecule has 0 aliphatic carbocycles. The highest BCUT2D eigenvalue weighted by Gasteiger charge is 2.21. The largest absolute Gasteiger partial charge is 0.338 e. The highest BCUT2D eigenvalue weighted by Crippen LogP contribution is 2.22. The van der Waals surface area contributed by atoms with Crippen LogP contribution in [0.25, 0.3) is 0 Å². The van der Waals surface area contributed by atoms with Gasteiger partial charge in [0.2, 0.25) is 5.89 Å². The molecule has 0 radical (unpaired) electrons. The number of thioether (sulfide) groups is 1. The average molecular weight is 227 g/mol. The van der Waals surface area contributed by atoms with Gasteiger partial charge in [0.1, 0.15) is 0 Å². The highest BCUT2D eigenvalue weighted by molar-refractivity contribution is 7.98. The summed E-state index contributed by atoms with van der Waals surface area (Å²) in [5.74, 6) is 3.62. The van der Waals surface area contributed by atoms with Crippen molar-refractivity contribution in [3.05, 3.63) is 11.7 Å². The summed E-state index contributed by atoms with van der Waals surface area (Å²) in [5, 5.41) is 7.34. The molecule has 0 aromatic carbocycles. The molecule has 2 rings (SSSR count). The molecule has 1 aliphatic rings. The molecule has 1 fully saturated rings. The maximum atomic E-state index is 5.24. The van der Waals surface area contributed by atoms with Crippen molar-refractivity contribution in [3.63, 3.8) is 0 Å². The van der Waals surface area contributed by atoms with E-state index in [9.17, 15) is 0 Å². The van der Waals surface area contributed by atoms with Crippen molar-refractivity contribution >= 4 is 11.8 Å². The first-order valence-corrected chi connectivity index (χ1v) is 6.69. The van der Waals surface area contributed by atoms with E-state index < -0.39 is 0 Å². The molecule has 5 heteroatoms. The van der Waals surface area contributed by atoms with Crippen LogP contribution in [0.2, 0.25) is 0 Å². The van der Waals surface area contributed by atoms with Gasteiger partial charge < -0.3 is 9.84 Å². The molecular formula is C10H17N3OS. The minimum Gasteiger partial charge on any atom is -0.338 e. The van der Waals surface area contributed by atoms with Crippen LogP contribution in [0.4, 0.5) is 0 Å². The van der Waals surface area contributed by atoms with Crippen molar-refractivity contribution in [1.29, 1.82) is 0 Å². The second-order valence-electron chi connectivity index (χ2n) is 3.75. The second-order valence-corrected chi connectivity index (χ2v) is 4.86. The van der Waals surface area contributed by atoms with Crippen molar-refractivity contribution < 1.29 is 4.52 Å². The van der Waals surface area contributed by atoms with Gasteiger partial charge in [-0.15, -0.1) is 0 Å². The number of aromatic nitrogens is 2. The maximum Gasteiger partial charge on any atom is 0.243 e. The zero-order chi connectivity index (χ0) is 10.5. The third-order valence-corrected chi connectivity index (χ3v) is 3.58. The molecule has 0 saturated carbocycles. The van der Waals surface area contributed by atoms with Gasteiger partial charge in [-0.05, 0) is 31.6 Å². The van der Waals surface area contributed by atoms with Crippen molar-refractivity contribution in [1.82, 2.24) is 15.5 Å². The van der Waals surface area contributed by atoms with Gasteiger partial charge in [0, 0.05) is 0 Å².